The molecule has 1 aromatic heterocycles. The van der Waals surface area contributed by atoms with Gasteiger partial charge < -0.3 is 5.11 Å². The van der Waals surface area contributed by atoms with Crippen molar-refractivity contribution in [1.29, 1.82) is 0 Å². The first kappa shape index (κ1) is 11.4. The number of fused-ring (bicyclic) bond motifs is 1. The highest BCUT2D eigenvalue weighted by Crippen LogP contribution is 2.27. The molecule has 92 valence electrons. The molecule has 0 amide bonds. The number of benzene rings is 2. The summed E-state index contributed by atoms with van der Waals surface area (Å²) in [6.07, 6.45) is 1.76. The van der Waals surface area contributed by atoms with E-state index in [0.29, 0.717) is 5.56 Å². The molecule has 3 heteroatoms. The molecule has 0 spiro atoms. The lowest BCUT2D eigenvalue weighted by Gasteiger charge is -2.06. The van der Waals surface area contributed by atoms with Gasteiger partial charge in [0, 0.05) is 11.6 Å². The summed E-state index contributed by atoms with van der Waals surface area (Å²) < 4.78 is 0. The van der Waals surface area contributed by atoms with Gasteiger partial charge in [0.1, 0.15) is 0 Å². The third-order valence-corrected chi connectivity index (χ3v) is 3.09. The summed E-state index contributed by atoms with van der Waals surface area (Å²) in [6.45, 7) is 0. The second-order valence-electron chi connectivity index (χ2n) is 4.26. The summed E-state index contributed by atoms with van der Waals surface area (Å²) in [5.41, 5.74) is 3.27. The van der Waals surface area contributed by atoms with Crippen LogP contribution in [0.25, 0.3) is 22.0 Å². The van der Waals surface area contributed by atoms with Crippen LogP contribution in [0.1, 0.15) is 10.4 Å². The van der Waals surface area contributed by atoms with Crippen molar-refractivity contribution in [3.05, 3.63) is 66.4 Å². The summed E-state index contributed by atoms with van der Waals surface area (Å²) in [5.74, 6) is -0.911. The molecule has 0 aliphatic carbocycles. The highest BCUT2D eigenvalue weighted by atomic mass is 16.4. The van der Waals surface area contributed by atoms with Gasteiger partial charge in [-0.05, 0) is 35.4 Å². The van der Waals surface area contributed by atoms with Crippen molar-refractivity contribution in [2.75, 3.05) is 0 Å². The van der Waals surface area contributed by atoms with E-state index in [0.717, 1.165) is 22.0 Å². The SMILES string of the molecule is O=C(O)c1ccc(-c2cccc3ncccc23)cc1. The molecular weight excluding hydrogens is 238 g/mol. The molecule has 0 radical (unpaired) electrons. The number of nitrogens with zero attached hydrogens (tertiary/aromatic N) is 1. The fraction of sp³-hybridized carbons (Fsp3) is 0. The van der Waals surface area contributed by atoms with E-state index in [1.54, 1.807) is 18.3 Å². The minimum atomic E-state index is -0.911. The van der Waals surface area contributed by atoms with Gasteiger partial charge >= 0.3 is 5.97 Å². The summed E-state index contributed by atoms with van der Waals surface area (Å²) in [6, 6.07) is 16.7. The van der Waals surface area contributed by atoms with Crippen LogP contribution in [-0.2, 0) is 0 Å². The van der Waals surface area contributed by atoms with Crippen molar-refractivity contribution in [2.45, 2.75) is 0 Å². The number of hydrogen-bond acceptors (Lipinski definition) is 2. The number of carboxylic acids is 1. The maximum atomic E-state index is 10.9. The topological polar surface area (TPSA) is 50.2 Å². The Morgan fingerprint density at radius 2 is 1.74 bits per heavy atom. The van der Waals surface area contributed by atoms with Gasteiger partial charge in [0.15, 0.2) is 0 Å². The third kappa shape index (κ3) is 2.06. The number of carboxylic acid groups (broad SMARTS) is 1. The summed E-state index contributed by atoms with van der Waals surface area (Å²) >= 11 is 0. The second kappa shape index (κ2) is 4.53. The fourth-order valence-electron chi connectivity index (χ4n) is 2.15. The van der Waals surface area contributed by atoms with Crippen molar-refractivity contribution in [3.63, 3.8) is 0 Å². The number of pyridine rings is 1. The molecule has 0 fully saturated rings. The van der Waals surface area contributed by atoms with E-state index in [1.807, 2.05) is 42.5 Å². The van der Waals surface area contributed by atoms with Crippen molar-refractivity contribution >= 4 is 16.9 Å². The predicted octanol–water partition coefficient (Wildman–Crippen LogP) is 3.60. The van der Waals surface area contributed by atoms with E-state index < -0.39 is 5.97 Å². The number of aromatic carboxylic acids is 1. The van der Waals surface area contributed by atoms with Crippen LogP contribution in [0.3, 0.4) is 0 Å². The quantitative estimate of drug-likeness (QED) is 0.754. The second-order valence-corrected chi connectivity index (χ2v) is 4.26. The van der Waals surface area contributed by atoms with Gasteiger partial charge in [-0.1, -0.05) is 30.3 Å². The van der Waals surface area contributed by atoms with Crippen molar-refractivity contribution < 1.29 is 9.90 Å². The van der Waals surface area contributed by atoms with Crippen molar-refractivity contribution in [2.24, 2.45) is 0 Å². The van der Waals surface area contributed by atoms with E-state index in [1.165, 1.54) is 0 Å². The molecular formula is C16H11NO2. The van der Waals surface area contributed by atoms with E-state index >= 15 is 0 Å². The fourth-order valence-corrected chi connectivity index (χ4v) is 2.15. The largest absolute Gasteiger partial charge is 0.478 e. The Morgan fingerprint density at radius 3 is 2.47 bits per heavy atom. The van der Waals surface area contributed by atoms with Gasteiger partial charge in [-0.2, -0.15) is 0 Å². The molecule has 3 nitrogen and oxygen atoms in total. The molecule has 0 aliphatic heterocycles. The van der Waals surface area contributed by atoms with Crippen LogP contribution in [0.2, 0.25) is 0 Å². The highest BCUT2D eigenvalue weighted by molar-refractivity contribution is 5.95. The Bertz CT molecular complexity index is 743. The summed E-state index contributed by atoms with van der Waals surface area (Å²) in [7, 11) is 0. The van der Waals surface area contributed by atoms with Gasteiger partial charge in [-0.3, -0.25) is 4.98 Å². The Labute approximate surface area is 110 Å². The van der Waals surface area contributed by atoms with Crippen LogP contribution in [0.4, 0.5) is 0 Å². The minimum absolute atomic E-state index is 0.294. The monoisotopic (exact) mass is 249 g/mol. The van der Waals surface area contributed by atoms with Gasteiger partial charge in [0.2, 0.25) is 0 Å². The number of rotatable bonds is 2. The van der Waals surface area contributed by atoms with Gasteiger partial charge in [-0.25, -0.2) is 4.79 Å². The zero-order chi connectivity index (χ0) is 13.2. The number of aromatic nitrogens is 1. The molecule has 0 aliphatic rings. The first-order valence-corrected chi connectivity index (χ1v) is 5.93. The Morgan fingerprint density at radius 1 is 0.947 bits per heavy atom. The third-order valence-electron chi connectivity index (χ3n) is 3.09. The molecule has 19 heavy (non-hydrogen) atoms. The Kier molecular flexibility index (Phi) is 2.72. The van der Waals surface area contributed by atoms with Crippen LogP contribution in [-0.4, -0.2) is 16.1 Å². The molecule has 2 aromatic carbocycles. The maximum Gasteiger partial charge on any atom is 0.335 e. The molecule has 1 heterocycles. The van der Waals surface area contributed by atoms with Crippen molar-refractivity contribution in [3.8, 4) is 11.1 Å². The van der Waals surface area contributed by atoms with Crippen LogP contribution in [0.15, 0.2) is 60.8 Å². The molecule has 3 rings (SSSR count). The van der Waals surface area contributed by atoms with Gasteiger partial charge in [0.25, 0.3) is 0 Å². The molecule has 0 saturated carbocycles. The first-order chi connectivity index (χ1) is 9.25. The molecule has 0 unspecified atom stereocenters. The Balaban J connectivity index is 2.16. The normalized spacial score (nSPS) is 10.5. The zero-order valence-corrected chi connectivity index (χ0v) is 10.1. The average Bonchev–Trinajstić information content (AvgIpc) is 2.47. The van der Waals surface area contributed by atoms with E-state index in [4.69, 9.17) is 5.11 Å². The minimum Gasteiger partial charge on any atom is -0.478 e. The van der Waals surface area contributed by atoms with Crippen LogP contribution in [0.5, 0.6) is 0 Å². The standard InChI is InChI=1S/C16H11NO2/c18-16(19)12-8-6-11(7-9-12)13-3-1-5-15-14(13)4-2-10-17-15/h1-10H,(H,18,19). The van der Waals surface area contributed by atoms with E-state index in [2.05, 4.69) is 4.98 Å². The number of hydrogen-bond donors (Lipinski definition) is 1. The lowest BCUT2D eigenvalue weighted by Crippen LogP contribution is -1.95. The molecule has 3 aromatic rings. The summed E-state index contributed by atoms with van der Waals surface area (Å²) in [5, 5.41) is 9.97. The lowest BCUT2D eigenvalue weighted by molar-refractivity contribution is 0.0697. The number of carbonyl (C=O) groups is 1. The zero-order valence-electron chi connectivity index (χ0n) is 10.1. The molecule has 1 N–H and O–H groups in total. The summed E-state index contributed by atoms with van der Waals surface area (Å²) in [4.78, 5) is 15.2. The van der Waals surface area contributed by atoms with Gasteiger partial charge in [0.05, 0.1) is 11.1 Å². The lowest BCUT2D eigenvalue weighted by atomic mass is 9.99. The van der Waals surface area contributed by atoms with Crippen LogP contribution >= 0.6 is 0 Å². The first-order valence-electron chi connectivity index (χ1n) is 5.93. The molecule has 0 saturated heterocycles. The van der Waals surface area contributed by atoms with E-state index in [9.17, 15) is 4.79 Å². The van der Waals surface area contributed by atoms with Gasteiger partial charge in [-0.15, -0.1) is 0 Å². The van der Waals surface area contributed by atoms with E-state index in [-0.39, 0.29) is 0 Å². The van der Waals surface area contributed by atoms with Crippen LogP contribution in [0, 0.1) is 0 Å². The maximum absolute atomic E-state index is 10.9. The Hall–Kier alpha value is -2.68. The van der Waals surface area contributed by atoms with Crippen molar-refractivity contribution in [1.82, 2.24) is 4.98 Å². The van der Waals surface area contributed by atoms with Crippen LogP contribution < -0.4 is 0 Å². The molecule has 0 atom stereocenters. The molecule has 0 bridgehead atoms. The average molecular weight is 249 g/mol. The predicted molar refractivity (Wildman–Crippen MR) is 74.1 cm³/mol. The smallest absolute Gasteiger partial charge is 0.335 e. The highest BCUT2D eigenvalue weighted by Gasteiger charge is 2.06.